The van der Waals surface area contributed by atoms with Crippen LogP contribution in [-0.2, 0) is 0 Å². The van der Waals surface area contributed by atoms with Crippen LogP contribution >= 0.6 is 0 Å². The molecule has 0 saturated heterocycles. The third-order valence-corrected chi connectivity index (χ3v) is 3.68. The number of carbonyl (C=O) groups excluding carboxylic acids is 1. The average Bonchev–Trinajstić information content (AvgIpc) is 2.54. The lowest BCUT2D eigenvalue weighted by Gasteiger charge is -2.15. The Balaban J connectivity index is 2.86. The second-order valence-corrected chi connectivity index (χ2v) is 5.38. The molecule has 0 fully saturated rings. The summed E-state index contributed by atoms with van der Waals surface area (Å²) in [4.78, 5) is 32.3. The number of nitro benzene ring substituents is 2. The fraction of sp³-hybridized carbons (Fsp3) is 0.533. The summed E-state index contributed by atoms with van der Waals surface area (Å²) in [5.41, 5.74) is -1.01. The van der Waals surface area contributed by atoms with Gasteiger partial charge in [0.05, 0.1) is 21.5 Å². The lowest BCUT2D eigenvalue weighted by atomic mass is 9.99. The molecule has 126 valence electrons. The molecule has 0 unspecified atom stereocenters. The molecule has 0 aromatic heterocycles. The maximum Gasteiger partial charge on any atom is 0.277 e. The molecule has 23 heavy (non-hydrogen) atoms. The molecule has 1 N–H and O–H groups in total. The first kappa shape index (κ1) is 18.5. The van der Waals surface area contributed by atoms with Crippen LogP contribution in [0.2, 0.25) is 0 Å². The van der Waals surface area contributed by atoms with Crippen molar-refractivity contribution in [3.05, 3.63) is 44.0 Å². The summed E-state index contributed by atoms with van der Waals surface area (Å²) in [7, 11) is 0. The summed E-state index contributed by atoms with van der Waals surface area (Å²) in [5.74, 6) is -0.209. The second kappa shape index (κ2) is 8.82. The molecule has 8 heteroatoms. The first-order valence-corrected chi connectivity index (χ1v) is 7.61. The Hall–Kier alpha value is -2.51. The Bertz CT molecular complexity index is 556. The van der Waals surface area contributed by atoms with Gasteiger partial charge in [0.2, 0.25) is 0 Å². The van der Waals surface area contributed by atoms with Gasteiger partial charge in [-0.1, -0.05) is 33.1 Å². The molecule has 8 nitrogen and oxygen atoms in total. The molecule has 1 atom stereocenters. The predicted molar refractivity (Wildman–Crippen MR) is 85.4 cm³/mol. The van der Waals surface area contributed by atoms with E-state index >= 15 is 0 Å². The van der Waals surface area contributed by atoms with Gasteiger partial charge in [0, 0.05) is 18.7 Å². The van der Waals surface area contributed by atoms with Crippen molar-refractivity contribution in [2.45, 2.75) is 39.5 Å². The maximum absolute atomic E-state index is 12.1. The number of carbonyl (C=O) groups is 1. The highest BCUT2D eigenvalue weighted by atomic mass is 16.6. The molecule has 0 radical (unpaired) electrons. The summed E-state index contributed by atoms with van der Waals surface area (Å²) in [6.45, 7) is 4.57. The number of non-ortho nitro benzene ring substituents is 2. The minimum absolute atomic E-state index is 0.0729. The lowest BCUT2D eigenvalue weighted by molar-refractivity contribution is -0.394. The number of hydrogen-bond donors (Lipinski definition) is 1. The minimum atomic E-state index is -0.750. The number of hydrogen-bond acceptors (Lipinski definition) is 5. The normalized spacial score (nSPS) is 11.7. The van der Waals surface area contributed by atoms with Gasteiger partial charge in [-0.15, -0.1) is 0 Å². The smallest absolute Gasteiger partial charge is 0.277 e. The number of rotatable bonds is 9. The van der Waals surface area contributed by atoms with E-state index in [1.54, 1.807) is 0 Å². The summed E-state index contributed by atoms with van der Waals surface area (Å²) >= 11 is 0. The van der Waals surface area contributed by atoms with Crippen LogP contribution in [0.1, 0.15) is 49.9 Å². The highest BCUT2D eigenvalue weighted by molar-refractivity contribution is 5.95. The molecular formula is C15H21N3O5. The zero-order valence-electron chi connectivity index (χ0n) is 13.3. The van der Waals surface area contributed by atoms with Crippen molar-refractivity contribution in [2.75, 3.05) is 6.54 Å². The molecule has 0 heterocycles. The van der Waals surface area contributed by atoms with E-state index in [0.717, 1.165) is 43.9 Å². The molecule has 1 aromatic rings. The second-order valence-electron chi connectivity index (χ2n) is 5.38. The van der Waals surface area contributed by atoms with Crippen molar-refractivity contribution in [1.82, 2.24) is 5.32 Å². The van der Waals surface area contributed by atoms with Crippen LogP contribution in [0.3, 0.4) is 0 Å². The van der Waals surface area contributed by atoms with E-state index in [1.807, 2.05) is 6.92 Å². The van der Waals surface area contributed by atoms with E-state index in [2.05, 4.69) is 12.2 Å². The van der Waals surface area contributed by atoms with Crippen LogP contribution in [0, 0.1) is 26.1 Å². The van der Waals surface area contributed by atoms with Crippen molar-refractivity contribution in [1.29, 1.82) is 0 Å². The van der Waals surface area contributed by atoms with Gasteiger partial charge in [0.25, 0.3) is 17.3 Å². The third kappa shape index (κ3) is 5.65. The van der Waals surface area contributed by atoms with E-state index in [0.29, 0.717) is 12.5 Å². The van der Waals surface area contributed by atoms with Crippen LogP contribution in [0.15, 0.2) is 18.2 Å². The van der Waals surface area contributed by atoms with E-state index in [-0.39, 0.29) is 5.56 Å². The lowest BCUT2D eigenvalue weighted by Crippen LogP contribution is -2.29. The van der Waals surface area contributed by atoms with Crippen molar-refractivity contribution in [3.63, 3.8) is 0 Å². The Kier molecular flexibility index (Phi) is 7.11. The first-order valence-electron chi connectivity index (χ1n) is 7.61. The van der Waals surface area contributed by atoms with Gasteiger partial charge < -0.3 is 5.32 Å². The largest absolute Gasteiger partial charge is 0.352 e. The molecule has 0 saturated carbocycles. The predicted octanol–water partition coefficient (Wildman–Crippen LogP) is 3.45. The van der Waals surface area contributed by atoms with Gasteiger partial charge >= 0.3 is 0 Å². The van der Waals surface area contributed by atoms with Gasteiger partial charge in [-0.05, 0) is 12.3 Å². The Morgan fingerprint density at radius 2 is 1.70 bits per heavy atom. The fourth-order valence-corrected chi connectivity index (χ4v) is 2.22. The van der Waals surface area contributed by atoms with Gasteiger partial charge in [-0.3, -0.25) is 25.0 Å². The van der Waals surface area contributed by atoms with Gasteiger partial charge in [0.1, 0.15) is 0 Å². The van der Waals surface area contributed by atoms with Crippen molar-refractivity contribution in [3.8, 4) is 0 Å². The number of unbranched alkanes of at least 4 members (excludes halogenated alkanes) is 1. The summed E-state index contributed by atoms with van der Waals surface area (Å²) < 4.78 is 0. The molecule has 1 rings (SSSR count). The van der Waals surface area contributed by atoms with E-state index in [1.165, 1.54) is 0 Å². The SMILES string of the molecule is CCCC[C@@H](CC)CNC(=O)c1cc([N+](=O)[O-])cc([N+](=O)[O-])c1. The fourth-order valence-electron chi connectivity index (χ4n) is 2.22. The van der Waals surface area contributed by atoms with Gasteiger partial charge in [-0.25, -0.2) is 0 Å². The molecular weight excluding hydrogens is 302 g/mol. The summed E-state index contributed by atoms with van der Waals surface area (Å²) in [6.07, 6.45) is 4.04. The minimum Gasteiger partial charge on any atom is -0.352 e. The molecule has 1 amide bonds. The van der Waals surface area contributed by atoms with Gasteiger partial charge in [0.15, 0.2) is 0 Å². The molecule has 1 aromatic carbocycles. The summed E-state index contributed by atoms with van der Waals surface area (Å²) in [5, 5.41) is 24.4. The van der Waals surface area contributed by atoms with E-state index in [9.17, 15) is 25.0 Å². The standard InChI is InChI=1S/C15H21N3O5/c1-3-5-6-11(4-2)10-16-15(19)12-7-13(17(20)21)9-14(8-12)18(22)23/h7-9,11H,3-6,10H2,1-2H3,(H,16,19)/t11-/m1/s1. The monoisotopic (exact) mass is 323 g/mol. The number of benzene rings is 1. The van der Waals surface area contributed by atoms with E-state index < -0.39 is 27.1 Å². The third-order valence-electron chi connectivity index (χ3n) is 3.68. The first-order chi connectivity index (χ1) is 10.9. The van der Waals surface area contributed by atoms with Crippen LogP contribution in [0.4, 0.5) is 11.4 Å². The van der Waals surface area contributed by atoms with Crippen molar-refractivity contribution < 1.29 is 14.6 Å². The molecule has 0 bridgehead atoms. The average molecular weight is 323 g/mol. The Morgan fingerprint density at radius 3 is 2.13 bits per heavy atom. The van der Waals surface area contributed by atoms with Crippen LogP contribution in [0.5, 0.6) is 0 Å². The van der Waals surface area contributed by atoms with Crippen LogP contribution in [-0.4, -0.2) is 22.3 Å². The number of nitro groups is 2. The van der Waals surface area contributed by atoms with Crippen LogP contribution < -0.4 is 5.32 Å². The highest BCUT2D eigenvalue weighted by Crippen LogP contribution is 2.22. The Morgan fingerprint density at radius 1 is 1.13 bits per heavy atom. The van der Waals surface area contributed by atoms with Crippen molar-refractivity contribution in [2.24, 2.45) is 5.92 Å². The molecule has 0 spiro atoms. The van der Waals surface area contributed by atoms with Crippen LogP contribution in [0.25, 0.3) is 0 Å². The number of nitrogens with zero attached hydrogens (tertiary/aromatic N) is 2. The quantitative estimate of drug-likeness (QED) is 0.552. The summed E-state index contributed by atoms with van der Waals surface area (Å²) in [6, 6.07) is 2.94. The molecule has 0 aliphatic carbocycles. The highest BCUT2D eigenvalue weighted by Gasteiger charge is 2.20. The zero-order chi connectivity index (χ0) is 17.4. The number of nitrogens with one attached hydrogen (secondary N) is 1. The Labute approximate surface area is 134 Å². The molecule has 0 aliphatic heterocycles. The maximum atomic E-state index is 12.1. The topological polar surface area (TPSA) is 115 Å². The van der Waals surface area contributed by atoms with E-state index in [4.69, 9.17) is 0 Å². The number of amides is 1. The van der Waals surface area contributed by atoms with Crippen molar-refractivity contribution >= 4 is 17.3 Å². The molecule has 0 aliphatic rings. The van der Waals surface area contributed by atoms with Gasteiger partial charge in [-0.2, -0.15) is 0 Å². The zero-order valence-corrected chi connectivity index (χ0v) is 13.3.